The number of unbranched alkanes of at least 4 members (excludes halogenated alkanes) is 1. The van der Waals surface area contributed by atoms with Gasteiger partial charge < -0.3 is 21.3 Å². The standard InChI is InChI=1S/C28H34F3N5O2/c29-28(30,31)18-34-26(38)27(22-9-3-1-7-20(22)21-8-2-4-10-23(21)27)13-5-6-14-36-15-11-19(12-16-36)35-25(37)24(33)17-32/h1-4,7-10,19,33H,5-6,11-18,32H2,(H,34,38)(H,35,37). The van der Waals surface area contributed by atoms with Crippen LogP contribution in [0.4, 0.5) is 13.2 Å². The summed E-state index contributed by atoms with van der Waals surface area (Å²) in [7, 11) is 0. The van der Waals surface area contributed by atoms with E-state index in [1.54, 1.807) is 0 Å². The largest absolute Gasteiger partial charge is 0.405 e. The fourth-order valence-corrected chi connectivity index (χ4v) is 5.68. The molecule has 4 rings (SSSR count). The molecule has 7 nitrogen and oxygen atoms in total. The molecule has 2 aromatic rings. The molecule has 0 spiro atoms. The predicted octanol–water partition coefficient (Wildman–Crippen LogP) is 3.36. The van der Waals surface area contributed by atoms with E-state index in [2.05, 4.69) is 15.5 Å². The number of hydrogen-bond donors (Lipinski definition) is 4. The smallest absolute Gasteiger partial charge is 0.348 e. The molecule has 2 amide bonds. The number of alkyl halides is 3. The Labute approximate surface area is 220 Å². The first-order valence-electron chi connectivity index (χ1n) is 13.0. The van der Waals surface area contributed by atoms with Gasteiger partial charge in [-0.1, -0.05) is 55.0 Å². The van der Waals surface area contributed by atoms with E-state index < -0.39 is 30.0 Å². The number of likely N-dealkylation sites (tertiary alicyclic amines) is 1. The van der Waals surface area contributed by atoms with E-state index in [1.807, 2.05) is 48.5 Å². The van der Waals surface area contributed by atoms with Crippen LogP contribution >= 0.6 is 0 Å². The van der Waals surface area contributed by atoms with Gasteiger partial charge in [-0.2, -0.15) is 13.2 Å². The lowest BCUT2D eigenvalue weighted by Crippen LogP contribution is -2.48. The maximum absolute atomic E-state index is 13.6. The van der Waals surface area contributed by atoms with Crippen LogP contribution in [0.5, 0.6) is 0 Å². The van der Waals surface area contributed by atoms with Crippen LogP contribution in [-0.2, 0) is 15.0 Å². The lowest BCUT2D eigenvalue weighted by molar-refractivity contribution is -0.141. The quantitative estimate of drug-likeness (QED) is 0.279. The van der Waals surface area contributed by atoms with Crippen molar-refractivity contribution in [2.24, 2.45) is 5.73 Å². The number of amides is 2. The lowest BCUT2D eigenvalue weighted by atomic mass is 9.73. The Morgan fingerprint density at radius 1 is 1.00 bits per heavy atom. The second kappa shape index (κ2) is 11.7. The molecule has 5 N–H and O–H groups in total. The van der Waals surface area contributed by atoms with Crippen LogP contribution in [0.3, 0.4) is 0 Å². The zero-order chi connectivity index (χ0) is 27.3. The molecule has 10 heteroatoms. The van der Waals surface area contributed by atoms with Crippen molar-refractivity contribution < 1.29 is 22.8 Å². The van der Waals surface area contributed by atoms with Crippen LogP contribution in [0.2, 0.25) is 0 Å². The topological polar surface area (TPSA) is 111 Å². The highest BCUT2D eigenvalue weighted by atomic mass is 19.4. The molecule has 1 saturated heterocycles. The third-order valence-corrected chi connectivity index (χ3v) is 7.58. The van der Waals surface area contributed by atoms with E-state index in [0.29, 0.717) is 12.8 Å². The molecule has 2 aliphatic rings. The number of benzene rings is 2. The van der Waals surface area contributed by atoms with Crippen LogP contribution in [0.15, 0.2) is 48.5 Å². The first kappa shape index (κ1) is 27.8. The molecule has 38 heavy (non-hydrogen) atoms. The second-order valence-corrected chi connectivity index (χ2v) is 10.0. The zero-order valence-corrected chi connectivity index (χ0v) is 21.2. The molecule has 2 aromatic carbocycles. The minimum absolute atomic E-state index is 0.0118. The molecule has 1 heterocycles. The maximum Gasteiger partial charge on any atom is 0.405 e. The minimum Gasteiger partial charge on any atom is -0.348 e. The number of halogens is 3. The van der Waals surface area contributed by atoms with Crippen LogP contribution in [-0.4, -0.2) is 67.4 Å². The number of nitrogens with one attached hydrogen (secondary N) is 3. The van der Waals surface area contributed by atoms with Gasteiger partial charge in [-0.3, -0.25) is 15.0 Å². The summed E-state index contributed by atoms with van der Waals surface area (Å²) in [5, 5.41) is 12.6. The fraction of sp³-hybridized carbons (Fsp3) is 0.464. The Bertz CT molecular complexity index is 1130. The molecule has 0 atom stereocenters. The first-order chi connectivity index (χ1) is 18.2. The van der Waals surface area contributed by atoms with E-state index in [1.165, 1.54) is 0 Å². The van der Waals surface area contributed by atoms with Crippen LogP contribution in [0, 0.1) is 5.41 Å². The van der Waals surface area contributed by atoms with Crippen molar-refractivity contribution in [1.82, 2.24) is 15.5 Å². The molecule has 1 fully saturated rings. The molecule has 0 unspecified atom stereocenters. The first-order valence-corrected chi connectivity index (χ1v) is 13.0. The highest BCUT2D eigenvalue weighted by molar-refractivity contribution is 6.38. The van der Waals surface area contributed by atoms with Gasteiger partial charge in [0, 0.05) is 25.7 Å². The van der Waals surface area contributed by atoms with Crippen molar-refractivity contribution in [2.75, 3.05) is 32.7 Å². The van der Waals surface area contributed by atoms with Crippen molar-refractivity contribution in [1.29, 1.82) is 5.41 Å². The lowest BCUT2D eigenvalue weighted by Gasteiger charge is -2.33. The number of fused-ring (bicyclic) bond motifs is 3. The summed E-state index contributed by atoms with van der Waals surface area (Å²) in [5.74, 6) is -1.04. The van der Waals surface area contributed by atoms with Gasteiger partial charge in [0.25, 0.3) is 5.91 Å². The van der Waals surface area contributed by atoms with Crippen molar-refractivity contribution in [3.8, 4) is 11.1 Å². The molecule has 1 aliphatic carbocycles. The number of nitrogens with zero attached hydrogens (tertiary/aromatic N) is 1. The van der Waals surface area contributed by atoms with Gasteiger partial charge in [0.2, 0.25) is 5.91 Å². The highest BCUT2D eigenvalue weighted by Gasteiger charge is 2.49. The Morgan fingerprint density at radius 3 is 2.13 bits per heavy atom. The number of carbonyl (C=O) groups is 2. The summed E-state index contributed by atoms with van der Waals surface area (Å²) in [6, 6.07) is 15.0. The summed E-state index contributed by atoms with van der Waals surface area (Å²) in [6.45, 7) is 0.930. The van der Waals surface area contributed by atoms with Gasteiger partial charge in [0.05, 0.1) is 0 Å². The molecule has 1 aliphatic heterocycles. The molecule has 0 aromatic heterocycles. The molecule has 0 radical (unpaired) electrons. The second-order valence-electron chi connectivity index (χ2n) is 10.0. The summed E-state index contributed by atoms with van der Waals surface area (Å²) >= 11 is 0. The molecule has 0 saturated carbocycles. The third-order valence-electron chi connectivity index (χ3n) is 7.58. The zero-order valence-electron chi connectivity index (χ0n) is 21.2. The van der Waals surface area contributed by atoms with Crippen LogP contribution in [0.1, 0.15) is 43.2 Å². The number of carbonyl (C=O) groups excluding carboxylic acids is 2. The minimum atomic E-state index is -4.50. The van der Waals surface area contributed by atoms with Gasteiger partial charge >= 0.3 is 6.18 Å². The fourth-order valence-electron chi connectivity index (χ4n) is 5.68. The van der Waals surface area contributed by atoms with Crippen molar-refractivity contribution in [3.63, 3.8) is 0 Å². The average molecular weight is 530 g/mol. The highest BCUT2D eigenvalue weighted by Crippen LogP contribution is 2.51. The SMILES string of the molecule is N=C(CN)C(=O)NC1CCN(CCCCC2(C(=O)NCC(F)(F)F)c3ccccc3-c3ccccc32)CC1. The Morgan fingerprint density at radius 2 is 1.58 bits per heavy atom. The predicted molar refractivity (Wildman–Crippen MR) is 140 cm³/mol. The van der Waals surface area contributed by atoms with Gasteiger partial charge in [0.1, 0.15) is 17.7 Å². The van der Waals surface area contributed by atoms with E-state index in [4.69, 9.17) is 11.1 Å². The van der Waals surface area contributed by atoms with E-state index >= 15 is 0 Å². The van der Waals surface area contributed by atoms with Crippen molar-refractivity contribution in [3.05, 3.63) is 59.7 Å². The average Bonchev–Trinajstić information content (AvgIpc) is 3.20. The normalized spacial score (nSPS) is 16.9. The van der Waals surface area contributed by atoms with Gasteiger partial charge in [-0.25, -0.2) is 0 Å². The molecular formula is C28H34F3N5O2. The van der Waals surface area contributed by atoms with Crippen molar-refractivity contribution >= 4 is 17.5 Å². The number of hydrogen-bond acceptors (Lipinski definition) is 5. The van der Waals surface area contributed by atoms with Crippen molar-refractivity contribution in [2.45, 2.75) is 49.7 Å². The number of nitrogens with two attached hydrogens (primary N) is 1. The summed E-state index contributed by atoms with van der Waals surface area (Å²) in [6.07, 6.45) is -1.11. The molecule has 0 bridgehead atoms. The Hall–Kier alpha value is -3.24. The third kappa shape index (κ3) is 5.91. The van der Waals surface area contributed by atoms with Gasteiger partial charge in [-0.15, -0.1) is 0 Å². The van der Waals surface area contributed by atoms with E-state index in [9.17, 15) is 22.8 Å². The van der Waals surface area contributed by atoms with Gasteiger partial charge in [-0.05, 0) is 54.5 Å². The number of rotatable bonds is 10. The summed E-state index contributed by atoms with van der Waals surface area (Å²) in [4.78, 5) is 27.7. The number of piperidine rings is 1. The Kier molecular flexibility index (Phi) is 8.52. The molecule has 204 valence electrons. The monoisotopic (exact) mass is 529 g/mol. The summed E-state index contributed by atoms with van der Waals surface area (Å²) < 4.78 is 39.1. The van der Waals surface area contributed by atoms with Crippen LogP contribution in [0.25, 0.3) is 11.1 Å². The summed E-state index contributed by atoms with van der Waals surface area (Å²) in [5.41, 5.74) is 7.33. The van der Waals surface area contributed by atoms with Crippen LogP contribution < -0.4 is 16.4 Å². The van der Waals surface area contributed by atoms with Gasteiger partial charge in [0.15, 0.2) is 0 Å². The van der Waals surface area contributed by atoms with E-state index in [-0.39, 0.29) is 18.3 Å². The Balaban J connectivity index is 1.42. The maximum atomic E-state index is 13.6. The van der Waals surface area contributed by atoms with E-state index in [0.717, 1.165) is 61.2 Å². The molecular weight excluding hydrogens is 495 g/mol.